The molecule has 0 bridgehead atoms. The van der Waals surface area contributed by atoms with Gasteiger partial charge in [-0.05, 0) is 66.5 Å². The van der Waals surface area contributed by atoms with Crippen molar-refractivity contribution in [3.05, 3.63) is 78.0 Å². The van der Waals surface area contributed by atoms with Crippen LogP contribution in [0.5, 0.6) is 0 Å². The molecule has 2 heteroatoms. The lowest BCUT2D eigenvalue weighted by atomic mass is 9.71. The van der Waals surface area contributed by atoms with Gasteiger partial charge in [-0.25, -0.2) is 4.57 Å². The zero-order valence-corrected chi connectivity index (χ0v) is 21.1. The van der Waals surface area contributed by atoms with Crippen molar-refractivity contribution in [3.8, 4) is 11.3 Å². The maximum atomic E-state index is 9.24. The number of nitrogens with zero attached hydrogens (tertiary/aromatic N) is 2. The Morgan fingerprint density at radius 1 is 0.941 bits per heavy atom. The van der Waals surface area contributed by atoms with Crippen LogP contribution in [-0.2, 0) is 14.1 Å². The fourth-order valence-corrected chi connectivity index (χ4v) is 6.00. The molecule has 172 valence electrons. The van der Waals surface area contributed by atoms with E-state index in [0.717, 1.165) is 25.7 Å². The lowest BCUT2D eigenvalue weighted by molar-refractivity contribution is -0.659. The number of fused-ring (bicyclic) bond motifs is 5. The Hall–Kier alpha value is -3.13. The molecule has 2 nitrogen and oxygen atoms in total. The van der Waals surface area contributed by atoms with Crippen LogP contribution in [-0.4, -0.2) is 4.57 Å². The minimum atomic E-state index is -0.464. The van der Waals surface area contributed by atoms with Gasteiger partial charge in [-0.2, -0.15) is 0 Å². The van der Waals surface area contributed by atoms with Gasteiger partial charge in [0.2, 0.25) is 5.69 Å². The molecule has 6 rings (SSSR count). The summed E-state index contributed by atoms with van der Waals surface area (Å²) in [5.41, 5.74) is 7.84. The summed E-state index contributed by atoms with van der Waals surface area (Å²) in [6, 6.07) is 22.3. The third kappa shape index (κ3) is 3.35. The van der Waals surface area contributed by atoms with Crippen molar-refractivity contribution in [3.63, 3.8) is 0 Å². The van der Waals surface area contributed by atoms with E-state index in [-0.39, 0.29) is 0 Å². The third-order valence-corrected chi connectivity index (χ3v) is 8.27. The van der Waals surface area contributed by atoms with Gasteiger partial charge in [0, 0.05) is 30.8 Å². The Morgan fingerprint density at radius 3 is 2.44 bits per heavy atom. The summed E-state index contributed by atoms with van der Waals surface area (Å²) in [6.07, 6.45) is 6.41. The van der Waals surface area contributed by atoms with Gasteiger partial charge in [-0.3, -0.25) is 0 Å². The van der Waals surface area contributed by atoms with Crippen LogP contribution in [0, 0.1) is 12.3 Å². The quantitative estimate of drug-likeness (QED) is 0.242. The number of hydrogen-bond donors (Lipinski definition) is 0. The minimum Gasteiger partial charge on any atom is -0.343 e. The monoisotopic (exact) mass is 448 g/mol. The third-order valence-electron chi connectivity index (χ3n) is 8.27. The normalized spacial score (nSPS) is 18.0. The predicted molar refractivity (Wildman–Crippen MR) is 144 cm³/mol. The molecule has 0 saturated heterocycles. The molecule has 1 fully saturated rings. The van der Waals surface area contributed by atoms with Crippen molar-refractivity contribution in [2.45, 2.75) is 52.3 Å². The highest BCUT2D eigenvalue weighted by molar-refractivity contribution is 6.17. The smallest absolute Gasteiger partial charge is 0.214 e. The molecule has 0 amide bonds. The van der Waals surface area contributed by atoms with Gasteiger partial charge in [0.1, 0.15) is 7.05 Å². The van der Waals surface area contributed by atoms with Crippen LogP contribution in [0.1, 0.15) is 57.9 Å². The van der Waals surface area contributed by atoms with Crippen LogP contribution in [0.3, 0.4) is 0 Å². The van der Waals surface area contributed by atoms with Crippen molar-refractivity contribution in [1.29, 1.82) is 0 Å². The zero-order chi connectivity index (χ0) is 24.5. The summed E-state index contributed by atoms with van der Waals surface area (Å²) in [5, 5.41) is 5.07. The maximum absolute atomic E-state index is 9.24. The molecule has 1 saturated carbocycles. The van der Waals surface area contributed by atoms with E-state index >= 15 is 0 Å². The molecule has 3 aromatic carbocycles. The van der Waals surface area contributed by atoms with E-state index in [1.807, 2.05) is 0 Å². The van der Waals surface area contributed by atoms with Gasteiger partial charge in [-0.1, -0.05) is 62.4 Å². The molecular weight excluding hydrogens is 412 g/mol. The molecule has 0 aliphatic heterocycles. The molecular formula is C32H35N2+. The largest absolute Gasteiger partial charge is 0.343 e. The summed E-state index contributed by atoms with van der Waals surface area (Å²) in [7, 11) is 4.33. The highest BCUT2D eigenvalue weighted by Gasteiger charge is 2.28. The first-order valence-electron chi connectivity index (χ1n) is 13.1. The second-order valence-electron chi connectivity index (χ2n) is 11.1. The number of pyridine rings is 1. The highest BCUT2D eigenvalue weighted by atomic mass is 15.0. The number of aryl methyl sites for hydroxylation is 3. The number of hydrogen-bond acceptors (Lipinski definition) is 0. The Balaban J connectivity index is 1.52. The van der Waals surface area contributed by atoms with Crippen molar-refractivity contribution < 1.29 is 5.94 Å². The molecule has 0 unspecified atom stereocenters. The summed E-state index contributed by atoms with van der Waals surface area (Å²) in [5.74, 6) is -0.464. The molecule has 1 aliphatic carbocycles. The Bertz CT molecular complexity index is 1610. The standard InChI is InChI=1S/C32H35N2/c1-21-8-6-7-9-25(21)29-19-30-28(20-33(29)4)27-13-11-24-18-23(10-12-26(24)31(27)34(30)5)22-14-16-32(2,3)17-15-22/h6-13,18-20,22H,14-17H2,1-5H3/q+1/i22D. The van der Waals surface area contributed by atoms with Gasteiger partial charge >= 0.3 is 0 Å². The fourth-order valence-electron chi connectivity index (χ4n) is 6.00. The van der Waals surface area contributed by atoms with Crippen LogP contribution in [0.15, 0.2) is 66.9 Å². The molecule has 0 atom stereocenters. The van der Waals surface area contributed by atoms with Crippen LogP contribution < -0.4 is 4.57 Å². The van der Waals surface area contributed by atoms with Crippen molar-refractivity contribution >= 4 is 32.6 Å². The lowest BCUT2D eigenvalue weighted by Gasteiger charge is -2.34. The average Bonchev–Trinajstić information content (AvgIpc) is 3.12. The zero-order valence-electron chi connectivity index (χ0n) is 22.1. The number of rotatable bonds is 2. The first-order chi connectivity index (χ1) is 16.7. The Morgan fingerprint density at radius 2 is 1.68 bits per heavy atom. The lowest BCUT2D eigenvalue weighted by Crippen LogP contribution is -2.30. The van der Waals surface area contributed by atoms with E-state index in [0.29, 0.717) is 5.41 Å². The van der Waals surface area contributed by atoms with E-state index in [1.54, 1.807) is 0 Å². The molecule has 2 heterocycles. The van der Waals surface area contributed by atoms with E-state index in [1.165, 1.54) is 55.0 Å². The second-order valence-corrected chi connectivity index (χ2v) is 11.1. The van der Waals surface area contributed by atoms with E-state index in [9.17, 15) is 1.37 Å². The van der Waals surface area contributed by atoms with E-state index in [2.05, 4.69) is 111 Å². The fraction of sp³-hybridized carbons (Fsp3) is 0.344. The molecule has 0 spiro atoms. The molecule has 34 heavy (non-hydrogen) atoms. The van der Waals surface area contributed by atoms with E-state index in [4.69, 9.17) is 0 Å². The molecule has 2 aromatic heterocycles. The van der Waals surface area contributed by atoms with E-state index < -0.39 is 5.89 Å². The maximum Gasteiger partial charge on any atom is 0.214 e. The van der Waals surface area contributed by atoms with Gasteiger partial charge < -0.3 is 4.57 Å². The summed E-state index contributed by atoms with van der Waals surface area (Å²) in [4.78, 5) is 0. The molecule has 0 N–H and O–H groups in total. The van der Waals surface area contributed by atoms with Gasteiger partial charge in [0.15, 0.2) is 6.20 Å². The van der Waals surface area contributed by atoms with Gasteiger partial charge in [0.25, 0.3) is 0 Å². The highest BCUT2D eigenvalue weighted by Crippen LogP contribution is 2.43. The number of benzene rings is 3. The topological polar surface area (TPSA) is 8.81 Å². The first-order valence-corrected chi connectivity index (χ1v) is 12.6. The van der Waals surface area contributed by atoms with Crippen LogP contribution >= 0.6 is 0 Å². The molecule has 1 aliphatic rings. The average molecular weight is 449 g/mol. The van der Waals surface area contributed by atoms with Crippen LogP contribution in [0.25, 0.3) is 43.8 Å². The number of aromatic nitrogens is 2. The van der Waals surface area contributed by atoms with Crippen molar-refractivity contribution in [1.82, 2.24) is 4.57 Å². The summed E-state index contributed by atoms with van der Waals surface area (Å²) >= 11 is 0. The van der Waals surface area contributed by atoms with Gasteiger partial charge in [0.05, 0.1) is 16.4 Å². The molecule has 0 radical (unpaired) electrons. The van der Waals surface area contributed by atoms with Gasteiger partial charge in [-0.15, -0.1) is 0 Å². The Kier molecular flexibility index (Phi) is 4.59. The second kappa shape index (κ2) is 7.70. The Labute approximate surface area is 204 Å². The van der Waals surface area contributed by atoms with Crippen LogP contribution in [0.2, 0.25) is 0 Å². The SMILES string of the molecule is [2H]C1(c2ccc3c(ccc4c5c[n+](C)c(-c6ccccc6C)cc5n(C)c34)c2)CCC(C)(C)CC1. The van der Waals surface area contributed by atoms with Crippen molar-refractivity contribution in [2.75, 3.05) is 0 Å². The summed E-state index contributed by atoms with van der Waals surface area (Å²) < 4.78 is 13.9. The first kappa shape index (κ1) is 20.3. The summed E-state index contributed by atoms with van der Waals surface area (Å²) in [6.45, 7) is 6.86. The predicted octanol–water partition coefficient (Wildman–Crippen LogP) is 7.97. The minimum absolute atomic E-state index is 0.365. The molecule has 5 aromatic rings. The van der Waals surface area contributed by atoms with Crippen molar-refractivity contribution in [2.24, 2.45) is 19.5 Å². The van der Waals surface area contributed by atoms with Crippen LogP contribution in [0.4, 0.5) is 0 Å².